The van der Waals surface area contributed by atoms with Gasteiger partial charge in [0.25, 0.3) is 0 Å². The topological polar surface area (TPSA) is 166 Å². The van der Waals surface area contributed by atoms with Crippen LogP contribution in [0.5, 0.6) is 0 Å². The van der Waals surface area contributed by atoms with E-state index in [2.05, 4.69) is 0 Å². The average molecular weight is 553 g/mol. The number of esters is 1. The van der Waals surface area contributed by atoms with Crippen LogP contribution in [0.3, 0.4) is 0 Å². The second-order valence-electron chi connectivity index (χ2n) is 13.8. The third-order valence-electron chi connectivity index (χ3n) is 12.2. The van der Waals surface area contributed by atoms with Crippen LogP contribution in [-0.4, -0.2) is 97.3 Å². The van der Waals surface area contributed by atoms with Crippen LogP contribution in [0.25, 0.3) is 0 Å². The zero-order valence-electron chi connectivity index (χ0n) is 23.0. The number of aliphatic hydroxyl groups is 6. The number of ether oxygens (including phenoxy) is 3. The van der Waals surface area contributed by atoms with E-state index in [0.29, 0.717) is 38.5 Å². The third-order valence-corrected chi connectivity index (χ3v) is 12.2. The second-order valence-corrected chi connectivity index (χ2v) is 13.8. The number of carbonyl (C=O) groups excluding carboxylic acids is 1. The Morgan fingerprint density at radius 1 is 0.923 bits per heavy atom. The first-order valence-electron chi connectivity index (χ1n) is 14.6. The van der Waals surface area contributed by atoms with E-state index in [-0.39, 0.29) is 36.8 Å². The summed E-state index contributed by atoms with van der Waals surface area (Å²) in [6.45, 7) is 5.92. The number of rotatable bonds is 3. The van der Waals surface area contributed by atoms with Gasteiger partial charge in [-0.3, -0.25) is 0 Å². The van der Waals surface area contributed by atoms with Gasteiger partial charge >= 0.3 is 5.97 Å². The highest BCUT2D eigenvalue weighted by Gasteiger charge is 2.72. The molecule has 0 aromatic carbocycles. The minimum atomic E-state index is -1.41. The molecule has 10 heteroatoms. The van der Waals surface area contributed by atoms with Crippen molar-refractivity contribution in [3.63, 3.8) is 0 Å². The zero-order chi connectivity index (χ0) is 28.1. The molecule has 4 aliphatic carbocycles. The molecule has 2 aliphatic heterocycles. The molecule has 6 N–H and O–H groups in total. The molecule has 0 aromatic rings. The van der Waals surface area contributed by atoms with E-state index in [1.807, 2.05) is 13.8 Å². The quantitative estimate of drug-likeness (QED) is 0.215. The van der Waals surface area contributed by atoms with E-state index in [9.17, 15) is 35.4 Å². The molecule has 220 valence electrons. The van der Waals surface area contributed by atoms with Gasteiger partial charge in [-0.15, -0.1) is 0 Å². The SMILES string of the molecule is C[C@@H]1O[C@@H](O[C@H]2CC[C@]3(C)[C@@H]4[C@H](O)C[C@]5(C)[C@@H](C6=CC(=O)OC6)CC[C@]5(O)[C@H]4CC[C@]3(O)C2)[C@H](O)[C@H](O)[C@H]1O. The van der Waals surface area contributed by atoms with Gasteiger partial charge in [0.2, 0.25) is 0 Å². The second kappa shape index (κ2) is 9.19. The first-order chi connectivity index (χ1) is 18.2. The lowest BCUT2D eigenvalue weighted by atomic mass is 9.41. The van der Waals surface area contributed by atoms with Crippen LogP contribution in [0.15, 0.2) is 11.6 Å². The summed E-state index contributed by atoms with van der Waals surface area (Å²) in [7, 11) is 0. The lowest BCUT2D eigenvalue weighted by Gasteiger charge is -2.67. The molecule has 0 aromatic heterocycles. The van der Waals surface area contributed by atoms with E-state index in [1.165, 1.54) is 0 Å². The Hall–Kier alpha value is -1.11. The number of carbonyl (C=O) groups is 1. The average Bonchev–Trinajstić information content (AvgIpc) is 3.41. The van der Waals surface area contributed by atoms with Crippen molar-refractivity contribution >= 4 is 5.97 Å². The Morgan fingerprint density at radius 2 is 1.67 bits per heavy atom. The lowest BCUT2D eigenvalue weighted by Crippen LogP contribution is -2.71. The van der Waals surface area contributed by atoms with Crippen molar-refractivity contribution < 1.29 is 49.6 Å². The van der Waals surface area contributed by atoms with Crippen molar-refractivity contribution in [2.75, 3.05) is 6.61 Å². The molecule has 10 nitrogen and oxygen atoms in total. The van der Waals surface area contributed by atoms with Crippen LogP contribution in [0.4, 0.5) is 0 Å². The summed E-state index contributed by atoms with van der Waals surface area (Å²) in [4.78, 5) is 11.8. The molecular formula is C29H44O10. The van der Waals surface area contributed by atoms with Crippen LogP contribution in [-0.2, 0) is 19.0 Å². The van der Waals surface area contributed by atoms with Crippen LogP contribution < -0.4 is 0 Å². The Morgan fingerprint density at radius 3 is 2.36 bits per heavy atom. The molecular weight excluding hydrogens is 508 g/mol. The summed E-state index contributed by atoms with van der Waals surface area (Å²) >= 11 is 0. The standard InChI is InChI=1S/C29H44O10/c1-14-22(32)23(33)24(34)25(38-14)39-16-4-7-26(2)21-18(5-8-28(26,35)11-16)29(36)9-6-17(15-10-20(31)37-13-15)27(29,3)12-19(21)30/h10,14,16-19,21-25,30,32-36H,4-9,11-13H2,1-3H3/t14-,16-,17+,18-,19+,21-,22-,23+,24+,25-,26+,27+,28-,29-/m0/s1. The summed E-state index contributed by atoms with van der Waals surface area (Å²) in [5.74, 6) is -0.893. The Kier molecular flexibility index (Phi) is 6.61. The van der Waals surface area contributed by atoms with E-state index in [1.54, 1.807) is 13.0 Å². The summed E-state index contributed by atoms with van der Waals surface area (Å²) in [5.41, 5.74) is -2.54. The molecule has 6 aliphatic rings. The first-order valence-corrected chi connectivity index (χ1v) is 14.6. The van der Waals surface area contributed by atoms with Crippen molar-refractivity contribution in [3.05, 3.63) is 11.6 Å². The van der Waals surface area contributed by atoms with E-state index in [4.69, 9.17) is 14.2 Å². The van der Waals surface area contributed by atoms with Gasteiger partial charge in [-0.1, -0.05) is 13.8 Å². The fourth-order valence-electron chi connectivity index (χ4n) is 9.89. The van der Waals surface area contributed by atoms with Crippen LogP contribution in [0.2, 0.25) is 0 Å². The van der Waals surface area contributed by atoms with Gasteiger partial charge in [-0.05, 0) is 75.2 Å². The lowest BCUT2D eigenvalue weighted by molar-refractivity contribution is -0.323. The zero-order valence-corrected chi connectivity index (χ0v) is 23.0. The summed E-state index contributed by atoms with van der Waals surface area (Å²) in [6.07, 6.45) is -1.39. The number of hydrogen-bond donors (Lipinski definition) is 6. The largest absolute Gasteiger partial charge is 0.458 e. The molecule has 6 rings (SSSR count). The molecule has 0 bridgehead atoms. The molecule has 1 saturated heterocycles. The van der Waals surface area contributed by atoms with E-state index in [0.717, 1.165) is 12.0 Å². The van der Waals surface area contributed by atoms with Crippen molar-refractivity contribution in [2.24, 2.45) is 28.6 Å². The van der Waals surface area contributed by atoms with Gasteiger partial charge in [0, 0.05) is 23.3 Å². The van der Waals surface area contributed by atoms with E-state index >= 15 is 0 Å². The fraction of sp³-hybridized carbons (Fsp3) is 0.897. The minimum Gasteiger partial charge on any atom is -0.458 e. The molecule has 5 fully saturated rings. The van der Waals surface area contributed by atoms with Gasteiger partial charge in [0.15, 0.2) is 6.29 Å². The maximum absolute atomic E-state index is 12.4. The number of hydrogen-bond acceptors (Lipinski definition) is 10. The van der Waals surface area contributed by atoms with Gasteiger partial charge in [0.1, 0.15) is 24.9 Å². The Balaban J connectivity index is 1.22. The molecule has 0 unspecified atom stereocenters. The van der Waals surface area contributed by atoms with Gasteiger partial charge in [0.05, 0.1) is 29.5 Å². The number of fused-ring (bicyclic) bond motifs is 5. The molecule has 0 amide bonds. The van der Waals surface area contributed by atoms with Crippen molar-refractivity contribution in [3.8, 4) is 0 Å². The molecule has 39 heavy (non-hydrogen) atoms. The summed E-state index contributed by atoms with van der Waals surface area (Å²) in [6, 6.07) is 0. The van der Waals surface area contributed by atoms with Crippen LogP contribution in [0, 0.1) is 28.6 Å². The van der Waals surface area contributed by atoms with Crippen LogP contribution >= 0.6 is 0 Å². The van der Waals surface area contributed by atoms with Gasteiger partial charge in [-0.2, -0.15) is 0 Å². The molecule has 14 atom stereocenters. The highest BCUT2D eigenvalue weighted by Crippen LogP contribution is 2.70. The summed E-state index contributed by atoms with van der Waals surface area (Å²) < 4.78 is 16.9. The highest BCUT2D eigenvalue weighted by molar-refractivity contribution is 5.85. The number of cyclic esters (lactones) is 1. The van der Waals surface area contributed by atoms with Gasteiger partial charge < -0.3 is 44.8 Å². The Labute approximate surface area is 229 Å². The Bertz CT molecular complexity index is 1030. The molecule has 2 heterocycles. The maximum Gasteiger partial charge on any atom is 0.331 e. The van der Waals surface area contributed by atoms with Gasteiger partial charge in [-0.25, -0.2) is 4.79 Å². The normalized spacial score (nSPS) is 57.3. The maximum atomic E-state index is 12.4. The predicted molar refractivity (Wildman–Crippen MR) is 136 cm³/mol. The van der Waals surface area contributed by atoms with Crippen molar-refractivity contribution in [2.45, 2.75) is 126 Å². The minimum absolute atomic E-state index is 0.0412. The summed E-state index contributed by atoms with van der Waals surface area (Å²) in [5, 5.41) is 66.9. The smallest absolute Gasteiger partial charge is 0.331 e. The first kappa shape index (κ1) is 28.0. The van der Waals surface area contributed by atoms with Crippen LogP contribution in [0.1, 0.15) is 72.1 Å². The monoisotopic (exact) mass is 552 g/mol. The number of aliphatic hydroxyl groups excluding tert-OH is 4. The van der Waals surface area contributed by atoms with E-state index < -0.39 is 64.9 Å². The van der Waals surface area contributed by atoms with Crippen molar-refractivity contribution in [1.29, 1.82) is 0 Å². The molecule has 0 spiro atoms. The highest BCUT2D eigenvalue weighted by atomic mass is 16.7. The predicted octanol–water partition coefficient (Wildman–Crippen LogP) is 0.542. The third kappa shape index (κ3) is 3.86. The molecule has 4 saturated carbocycles. The molecule has 0 radical (unpaired) electrons. The fourth-order valence-corrected chi connectivity index (χ4v) is 9.89. The van der Waals surface area contributed by atoms with Crippen molar-refractivity contribution in [1.82, 2.24) is 0 Å².